The van der Waals surface area contributed by atoms with E-state index in [1.54, 1.807) is 12.2 Å². The van der Waals surface area contributed by atoms with Crippen molar-refractivity contribution in [3.63, 3.8) is 0 Å². The molecule has 2 saturated carbocycles. The summed E-state index contributed by atoms with van der Waals surface area (Å²) in [6, 6.07) is 0. The number of carbonyl (C=O) groups excluding carboxylic acids is 3. The summed E-state index contributed by atoms with van der Waals surface area (Å²) in [5.41, 5.74) is 2.13. The van der Waals surface area contributed by atoms with Crippen LogP contribution < -0.4 is 0 Å². The largest absolute Gasteiger partial charge is 0.465 e. The second-order valence-corrected chi connectivity index (χ2v) is 10.2. The first-order chi connectivity index (χ1) is 14.3. The number of allylic oxidation sites excluding steroid dienone is 3. The van der Waals surface area contributed by atoms with Crippen LogP contribution in [0.15, 0.2) is 35.5 Å². The van der Waals surface area contributed by atoms with Crippen molar-refractivity contribution in [2.24, 2.45) is 34.5 Å². The minimum Gasteiger partial charge on any atom is -0.465 e. The van der Waals surface area contributed by atoms with Gasteiger partial charge >= 0.3 is 11.9 Å². The third kappa shape index (κ3) is 2.84. The lowest BCUT2D eigenvalue weighted by Crippen LogP contribution is -2.52. The summed E-state index contributed by atoms with van der Waals surface area (Å²) in [7, 11) is 0. The lowest BCUT2D eigenvalue weighted by atomic mass is 9.48. The van der Waals surface area contributed by atoms with Gasteiger partial charge in [0.25, 0.3) is 0 Å². The summed E-state index contributed by atoms with van der Waals surface area (Å²) in [5, 5.41) is 0. The first-order valence-electron chi connectivity index (χ1n) is 11.3. The van der Waals surface area contributed by atoms with Gasteiger partial charge in [-0.2, -0.15) is 0 Å². The molecule has 0 radical (unpaired) electrons. The Morgan fingerprint density at radius 1 is 1.17 bits per heavy atom. The number of ether oxygens (including phenoxy) is 2. The molecule has 2 fully saturated rings. The Kier molecular flexibility index (Phi) is 4.57. The van der Waals surface area contributed by atoms with Crippen LogP contribution >= 0.6 is 0 Å². The minimum atomic E-state index is -0.258. The number of esters is 2. The van der Waals surface area contributed by atoms with Crippen LogP contribution in [-0.4, -0.2) is 30.9 Å². The van der Waals surface area contributed by atoms with Crippen molar-refractivity contribution in [2.75, 3.05) is 13.2 Å². The maximum atomic E-state index is 12.1. The maximum absolute atomic E-state index is 12.1. The zero-order valence-electron chi connectivity index (χ0n) is 17.8. The first kappa shape index (κ1) is 19.8. The Labute approximate surface area is 177 Å². The van der Waals surface area contributed by atoms with Gasteiger partial charge < -0.3 is 9.47 Å². The Hall–Kier alpha value is -2.17. The van der Waals surface area contributed by atoms with Crippen molar-refractivity contribution in [1.29, 1.82) is 0 Å². The van der Waals surface area contributed by atoms with Crippen LogP contribution in [0.5, 0.6) is 0 Å². The van der Waals surface area contributed by atoms with E-state index in [9.17, 15) is 14.4 Å². The molecule has 0 aromatic rings. The molecule has 5 aliphatic rings. The molecule has 0 aromatic heterocycles. The number of ketones is 1. The summed E-state index contributed by atoms with van der Waals surface area (Å²) in [5.74, 6) is 1.43. The van der Waals surface area contributed by atoms with Gasteiger partial charge in [-0.05, 0) is 78.4 Å². The van der Waals surface area contributed by atoms with E-state index in [4.69, 9.17) is 9.47 Å². The SMILES string of the molecule is CC(=O)OC[C@]12CCC(=O)C=C1C=C[C@@H]1[C@@H]2CC[C@]2(C)[C@@H](C3=CC(=O)OC3)CC[C@@H]12. The topological polar surface area (TPSA) is 69.7 Å². The molecule has 5 heteroatoms. The molecule has 0 unspecified atom stereocenters. The maximum Gasteiger partial charge on any atom is 0.331 e. The van der Waals surface area contributed by atoms with Crippen LogP contribution in [0.4, 0.5) is 0 Å². The van der Waals surface area contributed by atoms with Crippen LogP contribution in [0.25, 0.3) is 0 Å². The highest BCUT2D eigenvalue weighted by Crippen LogP contribution is 2.66. The molecular weight excluding hydrogens is 380 g/mol. The Morgan fingerprint density at radius 2 is 2.00 bits per heavy atom. The molecule has 0 amide bonds. The van der Waals surface area contributed by atoms with Gasteiger partial charge in [0.2, 0.25) is 0 Å². The molecule has 30 heavy (non-hydrogen) atoms. The number of carbonyl (C=O) groups is 3. The molecule has 0 bridgehead atoms. The van der Waals surface area contributed by atoms with Gasteiger partial charge in [0, 0.05) is 24.8 Å². The van der Waals surface area contributed by atoms with Crippen molar-refractivity contribution in [2.45, 2.75) is 52.4 Å². The van der Waals surface area contributed by atoms with E-state index in [1.165, 1.54) is 12.5 Å². The summed E-state index contributed by atoms with van der Waals surface area (Å²) in [4.78, 5) is 35.5. The van der Waals surface area contributed by atoms with Gasteiger partial charge in [-0.3, -0.25) is 9.59 Å². The fourth-order valence-corrected chi connectivity index (χ4v) is 7.51. The number of hydrogen-bond donors (Lipinski definition) is 0. The van der Waals surface area contributed by atoms with Crippen LogP contribution in [0.1, 0.15) is 52.4 Å². The number of fused-ring (bicyclic) bond motifs is 5. The fraction of sp³-hybridized carbons (Fsp3) is 0.640. The molecule has 4 aliphatic carbocycles. The molecule has 160 valence electrons. The van der Waals surface area contributed by atoms with Gasteiger partial charge in [0.15, 0.2) is 5.78 Å². The predicted octanol–water partition coefficient (Wildman–Crippen LogP) is 3.94. The quantitative estimate of drug-likeness (QED) is 0.659. The molecule has 5 nitrogen and oxygen atoms in total. The number of rotatable bonds is 3. The lowest BCUT2D eigenvalue weighted by molar-refractivity contribution is -0.147. The summed E-state index contributed by atoms with van der Waals surface area (Å²) in [6.45, 7) is 4.67. The number of hydrogen-bond acceptors (Lipinski definition) is 5. The van der Waals surface area contributed by atoms with Gasteiger partial charge in [0.05, 0.1) is 0 Å². The normalized spacial score (nSPS) is 41.9. The Morgan fingerprint density at radius 3 is 2.73 bits per heavy atom. The molecule has 0 N–H and O–H groups in total. The predicted molar refractivity (Wildman–Crippen MR) is 110 cm³/mol. The highest BCUT2D eigenvalue weighted by atomic mass is 16.5. The van der Waals surface area contributed by atoms with E-state index in [-0.39, 0.29) is 28.6 Å². The molecule has 0 saturated heterocycles. The Bertz CT molecular complexity index is 895. The first-order valence-corrected chi connectivity index (χ1v) is 11.3. The molecule has 1 heterocycles. The van der Waals surface area contributed by atoms with Crippen molar-refractivity contribution in [3.05, 3.63) is 35.5 Å². The minimum absolute atomic E-state index is 0.152. The smallest absolute Gasteiger partial charge is 0.331 e. The Balaban J connectivity index is 1.49. The second-order valence-electron chi connectivity index (χ2n) is 10.2. The summed E-state index contributed by atoms with van der Waals surface area (Å²) < 4.78 is 10.8. The molecule has 6 atom stereocenters. The van der Waals surface area contributed by atoms with E-state index < -0.39 is 0 Å². The molecule has 0 spiro atoms. The summed E-state index contributed by atoms with van der Waals surface area (Å²) >= 11 is 0. The van der Waals surface area contributed by atoms with Crippen LogP contribution in [-0.2, 0) is 23.9 Å². The third-order valence-corrected chi connectivity index (χ3v) is 8.91. The molecular formula is C25H30O5. The molecule has 1 aliphatic heterocycles. The average molecular weight is 411 g/mol. The average Bonchev–Trinajstić information content (AvgIpc) is 3.28. The number of cyclic esters (lactones) is 1. The van der Waals surface area contributed by atoms with E-state index in [1.807, 2.05) is 0 Å². The van der Waals surface area contributed by atoms with E-state index in [2.05, 4.69) is 19.1 Å². The van der Waals surface area contributed by atoms with Crippen LogP contribution in [0.2, 0.25) is 0 Å². The second kappa shape index (κ2) is 6.93. The fourth-order valence-electron chi connectivity index (χ4n) is 7.51. The van der Waals surface area contributed by atoms with Crippen molar-refractivity contribution >= 4 is 17.7 Å². The van der Waals surface area contributed by atoms with E-state index in [0.717, 1.165) is 37.7 Å². The zero-order valence-corrected chi connectivity index (χ0v) is 17.8. The summed E-state index contributed by atoms with van der Waals surface area (Å²) in [6.07, 6.45) is 13.6. The van der Waals surface area contributed by atoms with Crippen LogP contribution in [0.3, 0.4) is 0 Å². The standard InChI is InChI=1S/C25H30O5/c1-15(26)30-14-25-10-7-18(27)12-17(25)3-4-19-21-6-5-20(16-11-23(28)29-13-16)24(21,2)9-8-22(19)25/h3-4,11-12,19-22H,5-10,13-14H2,1-2H3/t19-,20+,21-,22-,24+,25+/m0/s1. The van der Waals surface area contributed by atoms with E-state index >= 15 is 0 Å². The lowest BCUT2D eigenvalue weighted by Gasteiger charge is -2.56. The van der Waals surface area contributed by atoms with Gasteiger partial charge in [0.1, 0.15) is 13.2 Å². The van der Waals surface area contributed by atoms with Crippen LogP contribution in [0, 0.1) is 34.5 Å². The van der Waals surface area contributed by atoms with E-state index in [0.29, 0.717) is 43.3 Å². The third-order valence-electron chi connectivity index (χ3n) is 8.91. The highest BCUT2D eigenvalue weighted by Gasteiger charge is 2.60. The van der Waals surface area contributed by atoms with Crippen molar-refractivity contribution in [1.82, 2.24) is 0 Å². The van der Waals surface area contributed by atoms with Gasteiger partial charge in [-0.1, -0.05) is 19.1 Å². The zero-order chi connectivity index (χ0) is 21.1. The van der Waals surface area contributed by atoms with Crippen molar-refractivity contribution in [3.8, 4) is 0 Å². The highest BCUT2D eigenvalue weighted by molar-refractivity contribution is 5.92. The van der Waals surface area contributed by atoms with Gasteiger partial charge in [-0.15, -0.1) is 0 Å². The molecule has 0 aromatic carbocycles. The van der Waals surface area contributed by atoms with Gasteiger partial charge in [-0.25, -0.2) is 4.79 Å². The molecule has 5 rings (SSSR count). The van der Waals surface area contributed by atoms with Crippen molar-refractivity contribution < 1.29 is 23.9 Å². The monoisotopic (exact) mass is 410 g/mol.